The lowest BCUT2D eigenvalue weighted by molar-refractivity contribution is 0.246. The van der Waals surface area contributed by atoms with Crippen molar-refractivity contribution >= 4 is 10.9 Å². The molecular weight excluding hydrogens is 310 g/mol. The van der Waals surface area contributed by atoms with Crippen molar-refractivity contribution in [2.24, 2.45) is 0 Å². The zero-order valence-corrected chi connectivity index (χ0v) is 15.3. The van der Waals surface area contributed by atoms with E-state index in [4.69, 9.17) is 0 Å². The third kappa shape index (κ3) is 3.97. The second-order valence-electron chi connectivity index (χ2n) is 6.95. The minimum atomic E-state index is -0.00980. The molecule has 0 saturated heterocycles. The van der Waals surface area contributed by atoms with E-state index in [9.17, 15) is 4.79 Å². The van der Waals surface area contributed by atoms with Crippen LogP contribution in [0.25, 0.3) is 10.9 Å². The SMILES string of the molecule is Cc1ccc2[nH]c(=O)c(CN(C)C(C)Cc3ncccc3C)cc2c1. The van der Waals surface area contributed by atoms with E-state index in [1.807, 2.05) is 30.5 Å². The lowest BCUT2D eigenvalue weighted by Gasteiger charge is -2.24. The number of rotatable bonds is 5. The Labute approximate surface area is 148 Å². The summed E-state index contributed by atoms with van der Waals surface area (Å²) in [5, 5.41) is 1.08. The fraction of sp³-hybridized carbons (Fsp3) is 0.333. The van der Waals surface area contributed by atoms with E-state index in [0.717, 1.165) is 28.6 Å². The molecule has 1 aromatic carbocycles. The number of hydrogen-bond donors (Lipinski definition) is 1. The number of benzene rings is 1. The van der Waals surface area contributed by atoms with Crippen molar-refractivity contribution in [3.8, 4) is 0 Å². The van der Waals surface area contributed by atoms with E-state index in [0.29, 0.717) is 12.6 Å². The summed E-state index contributed by atoms with van der Waals surface area (Å²) in [6.45, 7) is 6.94. The van der Waals surface area contributed by atoms with Crippen molar-refractivity contribution in [1.29, 1.82) is 0 Å². The molecule has 3 rings (SSSR count). The number of aryl methyl sites for hydroxylation is 2. The summed E-state index contributed by atoms with van der Waals surface area (Å²) in [7, 11) is 2.06. The van der Waals surface area contributed by atoms with Crippen LogP contribution < -0.4 is 5.56 Å². The van der Waals surface area contributed by atoms with Crippen LogP contribution in [0.5, 0.6) is 0 Å². The molecule has 2 heterocycles. The van der Waals surface area contributed by atoms with Gasteiger partial charge in [0.1, 0.15) is 0 Å². The van der Waals surface area contributed by atoms with Gasteiger partial charge in [0, 0.05) is 42.0 Å². The van der Waals surface area contributed by atoms with Crippen LogP contribution >= 0.6 is 0 Å². The van der Waals surface area contributed by atoms with Crippen LogP contribution in [0.1, 0.15) is 29.3 Å². The van der Waals surface area contributed by atoms with Crippen molar-refractivity contribution in [3.63, 3.8) is 0 Å². The molecule has 25 heavy (non-hydrogen) atoms. The predicted molar refractivity (Wildman–Crippen MR) is 103 cm³/mol. The smallest absolute Gasteiger partial charge is 0.252 e. The predicted octanol–water partition coefficient (Wildman–Crippen LogP) is 3.60. The highest BCUT2D eigenvalue weighted by Crippen LogP contribution is 2.15. The van der Waals surface area contributed by atoms with Gasteiger partial charge in [0.05, 0.1) is 0 Å². The number of H-pyrrole nitrogens is 1. The number of hydrogen-bond acceptors (Lipinski definition) is 3. The monoisotopic (exact) mass is 335 g/mol. The number of nitrogens with zero attached hydrogens (tertiary/aromatic N) is 2. The molecule has 0 aliphatic rings. The lowest BCUT2D eigenvalue weighted by Crippen LogP contribution is -2.33. The zero-order valence-electron chi connectivity index (χ0n) is 15.3. The van der Waals surface area contributed by atoms with Crippen LogP contribution in [0, 0.1) is 13.8 Å². The fourth-order valence-corrected chi connectivity index (χ4v) is 3.08. The highest BCUT2D eigenvalue weighted by molar-refractivity contribution is 5.79. The number of fused-ring (bicyclic) bond motifs is 1. The van der Waals surface area contributed by atoms with Crippen molar-refractivity contribution in [1.82, 2.24) is 14.9 Å². The first-order valence-corrected chi connectivity index (χ1v) is 8.67. The van der Waals surface area contributed by atoms with Gasteiger partial charge in [-0.05, 0) is 63.0 Å². The molecule has 4 heteroatoms. The summed E-state index contributed by atoms with van der Waals surface area (Å²) >= 11 is 0. The molecule has 0 spiro atoms. The minimum absolute atomic E-state index is 0.00980. The minimum Gasteiger partial charge on any atom is -0.322 e. The van der Waals surface area contributed by atoms with E-state index < -0.39 is 0 Å². The molecular formula is C21H25N3O. The van der Waals surface area contributed by atoms with Gasteiger partial charge in [-0.15, -0.1) is 0 Å². The van der Waals surface area contributed by atoms with Gasteiger partial charge in [0.25, 0.3) is 5.56 Å². The molecule has 1 N–H and O–H groups in total. The van der Waals surface area contributed by atoms with Crippen LogP contribution in [0.4, 0.5) is 0 Å². The molecule has 1 atom stereocenters. The Morgan fingerprint density at radius 1 is 1.20 bits per heavy atom. The Morgan fingerprint density at radius 3 is 2.76 bits per heavy atom. The second kappa shape index (κ2) is 7.19. The topological polar surface area (TPSA) is 49.0 Å². The average Bonchev–Trinajstić information content (AvgIpc) is 2.58. The molecule has 130 valence electrons. The molecule has 0 aliphatic carbocycles. The number of likely N-dealkylation sites (N-methyl/N-ethyl adjacent to an activating group) is 1. The van der Waals surface area contributed by atoms with Crippen LogP contribution in [0.3, 0.4) is 0 Å². The molecule has 0 fully saturated rings. The quantitative estimate of drug-likeness (QED) is 0.775. The van der Waals surface area contributed by atoms with E-state index in [1.54, 1.807) is 0 Å². The number of aromatic nitrogens is 2. The van der Waals surface area contributed by atoms with Gasteiger partial charge in [-0.25, -0.2) is 0 Å². The highest BCUT2D eigenvalue weighted by Gasteiger charge is 2.14. The Balaban J connectivity index is 1.79. The van der Waals surface area contributed by atoms with Crippen molar-refractivity contribution < 1.29 is 0 Å². The van der Waals surface area contributed by atoms with Gasteiger partial charge in [-0.3, -0.25) is 14.7 Å². The summed E-state index contributed by atoms with van der Waals surface area (Å²) in [4.78, 5) is 22.1. The maximum Gasteiger partial charge on any atom is 0.252 e. The van der Waals surface area contributed by atoms with Crippen molar-refractivity contribution in [2.45, 2.75) is 39.8 Å². The highest BCUT2D eigenvalue weighted by atomic mass is 16.1. The van der Waals surface area contributed by atoms with Crippen LogP contribution in [0.15, 0.2) is 47.4 Å². The maximum atomic E-state index is 12.4. The molecule has 4 nitrogen and oxygen atoms in total. The maximum absolute atomic E-state index is 12.4. The summed E-state index contributed by atoms with van der Waals surface area (Å²) in [5.41, 5.74) is 5.19. The molecule has 0 bridgehead atoms. The van der Waals surface area contributed by atoms with Gasteiger partial charge in [0.15, 0.2) is 0 Å². The van der Waals surface area contributed by atoms with Gasteiger partial charge in [-0.1, -0.05) is 17.7 Å². The molecule has 1 unspecified atom stereocenters. The summed E-state index contributed by atoms with van der Waals surface area (Å²) in [6.07, 6.45) is 2.71. The average molecular weight is 335 g/mol. The van der Waals surface area contributed by atoms with E-state index in [-0.39, 0.29) is 5.56 Å². The summed E-state index contributed by atoms with van der Waals surface area (Å²) in [6, 6.07) is 12.4. The Kier molecular flexibility index (Phi) is 5.00. The second-order valence-corrected chi connectivity index (χ2v) is 6.95. The largest absolute Gasteiger partial charge is 0.322 e. The van der Waals surface area contributed by atoms with E-state index in [2.05, 4.69) is 54.8 Å². The van der Waals surface area contributed by atoms with Crippen molar-refractivity contribution in [3.05, 3.63) is 75.3 Å². The normalized spacial score (nSPS) is 12.7. The molecule has 0 radical (unpaired) electrons. The summed E-state index contributed by atoms with van der Waals surface area (Å²) < 4.78 is 0. The first-order chi connectivity index (χ1) is 11.9. The molecule has 2 aromatic heterocycles. The van der Waals surface area contributed by atoms with E-state index in [1.165, 1.54) is 11.1 Å². The number of aromatic amines is 1. The van der Waals surface area contributed by atoms with Gasteiger partial charge < -0.3 is 4.98 Å². The van der Waals surface area contributed by atoms with Crippen LogP contribution in [-0.4, -0.2) is 28.0 Å². The van der Waals surface area contributed by atoms with Gasteiger partial charge in [0.2, 0.25) is 0 Å². The van der Waals surface area contributed by atoms with Gasteiger partial charge >= 0.3 is 0 Å². The molecule has 3 aromatic rings. The zero-order chi connectivity index (χ0) is 18.0. The summed E-state index contributed by atoms with van der Waals surface area (Å²) in [5.74, 6) is 0. The molecule has 0 amide bonds. The van der Waals surface area contributed by atoms with Crippen LogP contribution in [0.2, 0.25) is 0 Å². The van der Waals surface area contributed by atoms with Crippen LogP contribution in [-0.2, 0) is 13.0 Å². The standard InChI is InChI=1S/C21H25N3O/c1-14-7-8-19-17(10-14)12-18(21(25)23-19)13-24(4)16(3)11-20-15(2)6-5-9-22-20/h5-10,12,16H,11,13H2,1-4H3,(H,23,25). The Morgan fingerprint density at radius 2 is 2.00 bits per heavy atom. The molecule has 0 saturated carbocycles. The molecule has 0 aliphatic heterocycles. The first-order valence-electron chi connectivity index (χ1n) is 8.67. The van der Waals surface area contributed by atoms with Gasteiger partial charge in [-0.2, -0.15) is 0 Å². The number of pyridine rings is 2. The van der Waals surface area contributed by atoms with E-state index >= 15 is 0 Å². The number of nitrogens with one attached hydrogen (secondary N) is 1. The lowest BCUT2D eigenvalue weighted by atomic mass is 10.1. The Hall–Kier alpha value is -2.46. The van der Waals surface area contributed by atoms with Crippen molar-refractivity contribution in [2.75, 3.05) is 7.05 Å². The Bertz CT molecular complexity index is 945. The third-order valence-corrected chi connectivity index (χ3v) is 4.86. The first kappa shape index (κ1) is 17.4. The fourth-order valence-electron chi connectivity index (χ4n) is 3.08. The third-order valence-electron chi connectivity index (χ3n) is 4.86.